The molecule has 36 heavy (non-hydrogen) atoms. The van der Waals surface area contributed by atoms with E-state index in [9.17, 15) is 33.7 Å². The predicted molar refractivity (Wildman–Crippen MR) is 121 cm³/mol. The van der Waals surface area contributed by atoms with Crippen molar-refractivity contribution in [3.63, 3.8) is 0 Å². The number of carbonyl (C=O) groups excluding carboxylic acids is 4. The van der Waals surface area contributed by atoms with E-state index in [2.05, 4.69) is 0 Å². The molecule has 9 nitrogen and oxygen atoms in total. The van der Waals surface area contributed by atoms with Crippen LogP contribution in [0.25, 0.3) is 0 Å². The fraction of sp³-hybridized carbons (Fsp3) is 0.154. The summed E-state index contributed by atoms with van der Waals surface area (Å²) >= 11 is 0. The first kappa shape index (κ1) is 21.9. The molecule has 1 spiro atoms. The Kier molecular flexibility index (Phi) is 4.55. The third-order valence-corrected chi connectivity index (χ3v) is 7.03. The number of rotatable bonds is 3. The lowest BCUT2D eigenvalue weighted by atomic mass is 9.77. The summed E-state index contributed by atoms with van der Waals surface area (Å²) in [5.41, 5.74) is -2.75. The number of imide groups is 1. The number of hydrogen-bond donors (Lipinski definition) is 0. The summed E-state index contributed by atoms with van der Waals surface area (Å²) in [5.74, 6) is -7.05. The minimum atomic E-state index is -2.26. The van der Waals surface area contributed by atoms with Crippen LogP contribution in [0.4, 0.5) is 15.8 Å². The second-order valence-electron chi connectivity index (χ2n) is 8.80. The van der Waals surface area contributed by atoms with Crippen LogP contribution in [0.15, 0.2) is 72.8 Å². The summed E-state index contributed by atoms with van der Waals surface area (Å²) < 4.78 is 20.1. The van der Waals surface area contributed by atoms with Crippen LogP contribution >= 0.6 is 0 Å². The third-order valence-electron chi connectivity index (χ3n) is 7.03. The SMILES string of the molecule is O=C1[C@@H]2[C@@H](c3ccccc3)OC3(C(=O)c4ccccc4C3=O)[C@H]2C(=O)N1c1ccc(F)c([N+](=O)[O-])c1. The van der Waals surface area contributed by atoms with Crippen LogP contribution in [-0.2, 0) is 14.3 Å². The Morgan fingerprint density at radius 2 is 1.47 bits per heavy atom. The average molecular weight is 486 g/mol. The lowest BCUT2D eigenvalue weighted by Crippen LogP contribution is -2.51. The van der Waals surface area contributed by atoms with E-state index in [1.165, 1.54) is 12.1 Å². The van der Waals surface area contributed by atoms with Gasteiger partial charge >= 0.3 is 5.69 Å². The molecule has 1 aliphatic carbocycles. The van der Waals surface area contributed by atoms with Crippen LogP contribution in [0.2, 0.25) is 0 Å². The number of amides is 2. The van der Waals surface area contributed by atoms with Gasteiger partial charge in [-0.1, -0.05) is 54.6 Å². The van der Waals surface area contributed by atoms with Gasteiger partial charge in [0.2, 0.25) is 34.8 Å². The summed E-state index contributed by atoms with van der Waals surface area (Å²) in [7, 11) is 0. The van der Waals surface area contributed by atoms with E-state index >= 15 is 0 Å². The van der Waals surface area contributed by atoms with Crippen LogP contribution in [0, 0.1) is 27.8 Å². The number of ketones is 2. The van der Waals surface area contributed by atoms with Crippen molar-refractivity contribution < 1.29 is 33.2 Å². The topological polar surface area (TPSA) is 124 Å². The van der Waals surface area contributed by atoms with Crippen LogP contribution in [-0.4, -0.2) is 33.9 Å². The van der Waals surface area contributed by atoms with Gasteiger partial charge in [0.15, 0.2) is 0 Å². The molecule has 2 aliphatic heterocycles. The zero-order valence-corrected chi connectivity index (χ0v) is 18.3. The van der Waals surface area contributed by atoms with Gasteiger partial charge in [-0.05, 0) is 17.7 Å². The van der Waals surface area contributed by atoms with Crippen molar-refractivity contribution in [2.45, 2.75) is 11.7 Å². The lowest BCUT2D eigenvalue weighted by Gasteiger charge is -2.27. The number of benzene rings is 3. The van der Waals surface area contributed by atoms with Crippen LogP contribution in [0.5, 0.6) is 0 Å². The van der Waals surface area contributed by atoms with Gasteiger partial charge in [-0.25, -0.2) is 4.90 Å². The molecule has 3 aliphatic rings. The van der Waals surface area contributed by atoms with E-state index in [0.717, 1.165) is 18.2 Å². The molecule has 0 bridgehead atoms. The number of halogens is 1. The van der Waals surface area contributed by atoms with Gasteiger partial charge < -0.3 is 4.74 Å². The maximum atomic E-state index is 14.0. The van der Waals surface area contributed by atoms with Gasteiger partial charge in [0.1, 0.15) is 0 Å². The first-order chi connectivity index (χ1) is 17.3. The van der Waals surface area contributed by atoms with Crippen molar-refractivity contribution in [3.8, 4) is 0 Å². The van der Waals surface area contributed by atoms with E-state index in [1.807, 2.05) is 0 Å². The second-order valence-corrected chi connectivity index (χ2v) is 8.80. The molecule has 0 aromatic heterocycles. The molecular formula is C26H15FN2O7. The molecule has 178 valence electrons. The predicted octanol–water partition coefficient (Wildman–Crippen LogP) is 3.43. The summed E-state index contributed by atoms with van der Waals surface area (Å²) in [6.45, 7) is 0. The second kappa shape index (κ2) is 7.46. The first-order valence-electron chi connectivity index (χ1n) is 11.0. The van der Waals surface area contributed by atoms with Crippen molar-refractivity contribution in [1.29, 1.82) is 0 Å². The molecule has 3 aromatic rings. The molecule has 0 unspecified atom stereocenters. The summed E-state index contributed by atoms with van der Waals surface area (Å²) in [6, 6.07) is 17.1. The molecule has 0 radical (unpaired) electrons. The van der Waals surface area contributed by atoms with Gasteiger partial charge in [-0.3, -0.25) is 29.3 Å². The van der Waals surface area contributed by atoms with Crippen LogP contribution in [0.3, 0.4) is 0 Å². The number of nitro benzene ring substituents is 1. The Labute approximate surface area is 202 Å². The van der Waals surface area contributed by atoms with Gasteiger partial charge in [-0.2, -0.15) is 4.39 Å². The highest BCUT2D eigenvalue weighted by Gasteiger charge is 2.74. The zero-order chi connectivity index (χ0) is 25.4. The van der Waals surface area contributed by atoms with Gasteiger partial charge in [-0.15, -0.1) is 0 Å². The largest absolute Gasteiger partial charge is 0.349 e. The Balaban J connectivity index is 1.54. The Hall–Kier alpha value is -4.57. The number of nitrogens with zero attached hydrogens (tertiary/aromatic N) is 2. The molecule has 3 atom stereocenters. The third kappa shape index (κ3) is 2.67. The fourth-order valence-electron chi connectivity index (χ4n) is 5.50. The highest BCUT2D eigenvalue weighted by atomic mass is 19.1. The van der Waals surface area contributed by atoms with E-state index in [1.54, 1.807) is 42.5 Å². The fourth-order valence-corrected chi connectivity index (χ4v) is 5.50. The molecule has 6 rings (SSSR count). The summed E-state index contributed by atoms with van der Waals surface area (Å²) in [6.07, 6.45) is -1.12. The van der Waals surface area contributed by atoms with Crippen LogP contribution in [0.1, 0.15) is 32.4 Å². The van der Waals surface area contributed by atoms with Crippen molar-refractivity contribution in [3.05, 3.63) is 105 Å². The smallest absolute Gasteiger partial charge is 0.306 e. The van der Waals surface area contributed by atoms with E-state index < -0.39 is 63.3 Å². The number of hydrogen-bond acceptors (Lipinski definition) is 7. The molecule has 2 amide bonds. The maximum absolute atomic E-state index is 14.0. The number of fused-ring (bicyclic) bond motifs is 3. The highest BCUT2D eigenvalue weighted by molar-refractivity contribution is 6.37. The number of Topliss-reactive ketones (excluding diaryl/α,β-unsaturated/α-hetero) is 2. The standard InChI is InChI=1S/C26H15FN2O7/c27-17-11-10-14(12-18(17)29(34)35)28-24(32)19-20(25(28)33)26(36-21(19)13-6-2-1-3-7-13)22(30)15-8-4-5-9-16(15)23(26)31/h1-12,19-21H/t19-,20+,21+/m0/s1. The summed E-state index contributed by atoms with van der Waals surface area (Å²) in [5, 5.41) is 11.3. The van der Waals surface area contributed by atoms with E-state index in [4.69, 9.17) is 4.74 Å². The minimum Gasteiger partial charge on any atom is -0.349 e. The Morgan fingerprint density at radius 1 is 0.861 bits per heavy atom. The highest BCUT2D eigenvalue weighted by Crippen LogP contribution is 2.57. The molecule has 2 fully saturated rings. The maximum Gasteiger partial charge on any atom is 0.306 e. The van der Waals surface area contributed by atoms with Crippen molar-refractivity contribution in [2.75, 3.05) is 4.90 Å². The Morgan fingerprint density at radius 3 is 2.08 bits per heavy atom. The first-order valence-corrected chi connectivity index (χ1v) is 11.0. The number of ether oxygens (including phenoxy) is 1. The van der Waals surface area contributed by atoms with Gasteiger partial charge in [0.05, 0.1) is 28.6 Å². The number of anilines is 1. The van der Waals surface area contributed by atoms with Crippen molar-refractivity contribution in [1.82, 2.24) is 0 Å². The van der Waals surface area contributed by atoms with Crippen molar-refractivity contribution >= 4 is 34.8 Å². The number of nitro groups is 1. The quantitative estimate of drug-likeness (QED) is 0.240. The van der Waals surface area contributed by atoms with E-state index in [0.29, 0.717) is 10.5 Å². The molecule has 0 N–H and O–H groups in total. The summed E-state index contributed by atoms with van der Waals surface area (Å²) in [4.78, 5) is 65.8. The molecule has 3 aromatic carbocycles. The number of carbonyl (C=O) groups is 4. The normalized spacial score (nSPS) is 23.9. The lowest BCUT2D eigenvalue weighted by molar-refractivity contribution is -0.387. The average Bonchev–Trinajstić information content (AvgIpc) is 3.45. The van der Waals surface area contributed by atoms with Gasteiger partial charge in [0.25, 0.3) is 0 Å². The monoisotopic (exact) mass is 486 g/mol. The van der Waals surface area contributed by atoms with Gasteiger partial charge in [0, 0.05) is 17.2 Å². The molecule has 10 heteroatoms. The van der Waals surface area contributed by atoms with Crippen molar-refractivity contribution in [2.24, 2.45) is 11.8 Å². The molecule has 2 saturated heterocycles. The van der Waals surface area contributed by atoms with E-state index in [-0.39, 0.29) is 16.8 Å². The Bertz CT molecular complexity index is 1480. The van der Waals surface area contributed by atoms with Crippen LogP contribution < -0.4 is 4.90 Å². The molecular weight excluding hydrogens is 471 g/mol. The molecule has 0 saturated carbocycles. The molecule has 2 heterocycles. The zero-order valence-electron chi connectivity index (χ0n) is 18.3. The minimum absolute atomic E-state index is 0.0890.